The molecule has 5 heteroatoms. The maximum absolute atomic E-state index is 12.5. The fourth-order valence-corrected chi connectivity index (χ4v) is 1.28. The predicted octanol–water partition coefficient (Wildman–Crippen LogP) is 2.23. The number of halogens is 2. The smallest absolute Gasteiger partial charge is 0.212 e. The summed E-state index contributed by atoms with van der Waals surface area (Å²) in [6, 6.07) is 4.58. The van der Waals surface area contributed by atoms with Crippen LogP contribution in [0.2, 0.25) is 0 Å². The maximum Gasteiger partial charge on any atom is 0.280 e. The van der Waals surface area contributed by atoms with Crippen molar-refractivity contribution in [1.29, 1.82) is 0 Å². The molecule has 0 aliphatic rings. The topological polar surface area (TPSA) is 30.2 Å². The van der Waals surface area contributed by atoms with Crippen molar-refractivity contribution >= 4 is 5.65 Å². The second kappa shape index (κ2) is 3.32. The monoisotopic (exact) mass is 197 g/mol. The minimum atomic E-state index is -2.52. The summed E-state index contributed by atoms with van der Waals surface area (Å²) in [5.74, 6) is 0.582. The van der Waals surface area contributed by atoms with Crippen LogP contribution in [0.25, 0.3) is 5.65 Å². The first-order valence-corrected chi connectivity index (χ1v) is 4.35. The van der Waals surface area contributed by atoms with Crippen LogP contribution in [-0.2, 0) is 6.42 Å². The second-order valence-corrected chi connectivity index (χ2v) is 2.90. The van der Waals surface area contributed by atoms with Crippen molar-refractivity contribution < 1.29 is 8.78 Å². The Kier molecular flexibility index (Phi) is 2.15. The Morgan fingerprint density at radius 3 is 2.86 bits per heavy atom. The van der Waals surface area contributed by atoms with E-state index >= 15 is 0 Å². The van der Waals surface area contributed by atoms with E-state index in [4.69, 9.17) is 0 Å². The summed E-state index contributed by atoms with van der Waals surface area (Å²) < 4.78 is 26.2. The molecule has 0 fully saturated rings. The molecule has 2 aromatic rings. The Bertz CT molecular complexity index is 450. The summed E-state index contributed by atoms with van der Waals surface area (Å²) in [5, 5.41) is 3.98. The third-order valence-electron chi connectivity index (χ3n) is 1.97. The number of hydrogen-bond donors (Lipinski definition) is 0. The Morgan fingerprint density at radius 1 is 1.43 bits per heavy atom. The van der Waals surface area contributed by atoms with Gasteiger partial charge in [-0.2, -0.15) is 5.10 Å². The molecular weight excluding hydrogens is 188 g/mol. The minimum absolute atomic E-state index is 0.116. The predicted molar refractivity (Wildman–Crippen MR) is 47.3 cm³/mol. The molecule has 0 spiro atoms. The molecule has 0 aliphatic heterocycles. The van der Waals surface area contributed by atoms with Crippen molar-refractivity contribution in [3.8, 4) is 0 Å². The highest BCUT2D eigenvalue weighted by molar-refractivity contribution is 5.39. The lowest BCUT2D eigenvalue weighted by Crippen LogP contribution is -1.98. The molecule has 0 amide bonds. The Labute approximate surface area is 79.4 Å². The normalized spacial score (nSPS) is 11.4. The molecule has 14 heavy (non-hydrogen) atoms. The van der Waals surface area contributed by atoms with Gasteiger partial charge in [-0.05, 0) is 12.1 Å². The zero-order valence-corrected chi connectivity index (χ0v) is 7.61. The zero-order chi connectivity index (χ0) is 10.1. The molecule has 0 aliphatic carbocycles. The van der Waals surface area contributed by atoms with Crippen molar-refractivity contribution in [2.45, 2.75) is 19.8 Å². The van der Waals surface area contributed by atoms with Gasteiger partial charge in [0, 0.05) is 6.42 Å². The highest BCUT2D eigenvalue weighted by Gasteiger charge is 2.13. The van der Waals surface area contributed by atoms with Crippen LogP contribution in [0.1, 0.15) is 24.9 Å². The first-order valence-electron chi connectivity index (χ1n) is 4.35. The highest BCUT2D eigenvalue weighted by atomic mass is 19.3. The van der Waals surface area contributed by atoms with Gasteiger partial charge in [0.2, 0.25) is 0 Å². The van der Waals surface area contributed by atoms with E-state index in [-0.39, 0.29) is 5.69 Å². The average molecular weight is 197 g/mol. The number of fused-ring (bicyclic) bond motifs is 1. The van der Waals surface area contributed by atoms with Crippen LogP contribution in [-0.4, -0.2) is 14.6 Å². The molecule has 0 atom stereocenters. The summed E-state index contributed by atoms with van der Waals surface area (Å²) in [4.78, 5) is 4.09. The van der Waals surface area contributed by atoms with Crippen LogP contribution in [0.15, 0.2) is 18.2 Å². The summed E-state index contributed by atoms with van der Waals surface area (Å²) in [7, 11) is 0. The number of nitrogens with zero attached hydrogens (tertiary/aromatic N) is 3. The summed E-state index contributed by atoms with van der Waals surface area (Å²) in [6.45, 7) is 1.89. The van der Waals surface area contributed by atoms with Gasteiger partial charge < -0.3 is 0 Å². The summed E-state index contributed by atoms with van der Waals surface area (Å²) in [6.07, 6.45) is -1.88. The summed E-state index contributed by atoms with van der Waals surface area (Å²) >= 11 is 0. The lowest BCUT2D eigenvalue weighted by atomic mass is 10.3. The molecule has 2 rings (SSSR count). The van der Waals surface area contributed by atoms with Crippen molar-refractivity contribution in [3.63, 3.8) is 0 Å². The third-order valence-corrected chi connectivity index (χ3v) is 1.97. The van der Waals surface area contributed by atoms with E-state index in [9.17, 15) is 8.78 Å². The van der Waals surface area contributed by atoms with E-state index in [1.165, 1.54) is 10.6 Å². The molecule has 0 bridgehead atoms. The quantitative estimate of drug-likeness (QED) is 0.739. The number of aryl methyl sites for hydroxylation is 1. The van der Waals surface area contributed by atoms with Crippen LogP contribution >= 0.6 is 0 Å². The van der Waals surface area contributed by atoms with Crippen LogP contribution in [0.3, 0.4) is 0 Å². The molecule has 2 heterocycles. The number of hydrogen-bond acceptors (Lipinski definition) is 2. The van der Waals surface area contributed by atoms with Gasteiger partial charge in [0.05, 0.1) is 0 Å². The van der Waals surface area contributed by atoms with Gasteiger partial charge >= 0.3 is 0 Å². The molecule has 0 N–H and O–H groups in total. The van der Waals surface area contributed by atoms with Crippen LogP contribution in [0.5, 0.6) is 0 Å². The van der Waals surface area contributed by atoms with Crippen molar-refractivity contribution in [2.75, 3.05) is 0 Å². The minimum Gasteiger partial charge on any atom is -0.212 e. The van der Waals surface area contributed by atoms with Crippen LogP contribution < -0.4 is 0 Å². The Hall–Kier alpha value is -1.52. The molecule has 0 unspecified atom stereocenters. The van der Waals surface area contributed by atoms with E-state index in [2.05, 4.69) is 10.1 Å². The molecule has 3 nitrogen and oxygen atoms in total. The van der Waals surface area contributed by atoms with E-state index in [1.807, 2.05) is 6.92 Å². The number of rotatable bonds is 2. The fraction of sp³-hybridized carbons (Fsp3) is 0.333. The lowest BCUT2D eigenvalue weighted by molar-refractivity contribution is 0.143. The average Bonchev–Trinajstić information content (AvgIpc) is 2.59. The van der Waals surface area contributed by atoms with Gasteiger partial charge in [0.25, 0.3) is 6.43 Å². The Morgan fingerprint density at radius 2 is 2.21 bits per heavy atom. The third kappa shape index (κ3) is 1.34. The highest BCUT2D eigenvalue weighted by Crippen LogP contribution is 2.18. The van der Waals surface area contributed by atoms with Gasteiger partial charge in [0.15, 0.2) is 11.5 Å². The molecule has 0 radical (unpaired) electrons. The van der Waals surface area contributed by atoms with Crippen molar-refractivity contribution in [2.24, 2.45) is 0 Å². The van der Waals surface area contributed by atoms with Gasteiger partial charge in [-0.25, -0.2) is 18.3 Å². The molecule has 0 aromatic carbocycles. The van der Waals surface area contributed by atoms with E-state index in [0.29, 0.717) is 17.9 Å². The lowest BCUT2D eigenvalue weighted by Gasteiger charge is -2.00. The second-order valence-electron chi connectivity index (χ2n) is 2.90. The first kappa shape index (κ1) is 9.05. The molecule has 0 saturated heterocycles. The van der Waals surface area contributed by atoms with Crippen molar-refractivity contribution in [1.82, 2.24) is 14.6 Å². The number of alkyl halides is 2. The van der Waals surface area contributed by atoms with Gasteiger partial charge in [-0.1, -0.05) is 13.0 Å². The molecular formula is C9H9F2N3. The first-order chi connectivity index (χ1) is 6.72. The number of pyridine rings is 1. The van der Waals surface area contributed by atoms with Crippen LogP contribution in [0, 0.1) is 0 Å². The zero-order valence-electron chi connectivity index (χ0n) is 7.61. The molecule has 0 saturated carbocycles. The van der Waals surface area contributed by atoms with E-state index in [0.717, 1.165) is 0 Å². The standard InChI is InChI=1S/C9H9F2N3/c1-2-7-12-8-5-3-4-6(9(10)11)14(8)13-7/h3-5,9H,2H2,1H3. The Balaban J connectivity index is 2.66. The molecule has 2 aromatic heterocycles. The van der Waals surface area contributed by atoms with Gasteiger partial charge in [0.1, 0.15) is 5.69 Å². The van der Waals surface area contributed by atoms with Crippen molar-refractivity contribution in [3.05, 3.63) is 29.7 Å². The van der Waals surface area contributed by atoms with E-state index in [1.54, 1.807) is 12.1 Å². The van der Waals surface area contributed by atoms with Crippen LogP contribution in [0.4, 0.5) is 8.78 Å². The van der Waals surface area contributed by atoms with Gasteiger partial charge in [-0.15, -0.1) is 0 Å². The number of aromatic nitrogens is 3. The molecule has 74 valence electrons. The largest absolute Gasteiger partial charge is 0.280 e. The van der Waals surface area contributed by atoms with E-state index < -0.39 is 6.43 Å². The fourth-order valence-electron chi connectivity index (χ4n) is 1.28. The maximum atomic E-state index is 12.5. The van der Waals surface area contributed by atoms with Gasteiger partial charge in [-0.3, -0.25) is 0 Å². The summed E-state index contributed by atoms with van der Waals surface area (Å²) in [5.41, 5.74) is 0.356. The SMILES string of the molecule is CCc1nc2cccc(C(F)F)n2n1.